The molecule has 1 aliphatic rings. The van der Waals surface area contributed by atoms with Crippen LogP contribution < -0.4 is 0 Å². The van der Waals surface area contributed by atoms with Crippen LogP contribution in [-0.2, 0) is 0 Å². The smallest absolute Gasteiger partial charge is 0.260 e. The number of carbonyl (C=O) groups excluding carboxylic acids is 1. The Balaban J connectivity index is 1.95. The Morgan fingerprint density at radius 2 is 2.00 bits per heavy atom. The standard InChI is InChI=1S/C19H20N2OS/c1-3-17-13-23-19(20-16-11-7-8-14(2)12-16)21(17)18(22)15-9-5-4-6-10-15/h4-12,17H,3,13H2,1-2H3/t17-/m0/s1. The summed E-state index contributed by atoms with van der Waals surface area (Å²) in [5, 5.41) is 0.802. The zero-order valence-electron chi connectivity index (χ0n) is 13.4. The lowest BCUT2D eigenvalue weighted by atomic mass is 10.1. The first-order valence-corrected chi connectivity index (χ1v) is 8.84. The van der Waals surface area contributed by atoms with Gasteiger partial charge in [0.25, 0.3) is 5.91 Å². The van der Waals surface area contributed by atoms with Crippen molar-refractivity contribution >= 4 is 28.5 Å². The Kier molecular flexibility index (Phi) is 4.82. The van der Waals surface area contributed by atoms with E-state index < -0.39 is 0 Å². The van der Waals surface area contributed by atoms with Gasteiger partial charge in [0.1, 0.15) is 0 Å². The van der Waals surface area contributed by atoms with E-state index in [2.05, 4.69) is 6.92 Å². The van der Waals surface area contributed by atoms with Crippen LogP contribution in [0.2, 0.25) is 0 Å². The molecule has 4 heteroatoms. The summed E-state index contributed by atoms with van der Waals surface area (Å²) in [5.41, 5.74) is 2.78. The highest BCUT2D eigenvalue weighted by Gasteiger charge is 2.34. The van der Waals surface area contributed by atoms with Crippen LogP contribution in [0.4, 0.5) is 5.69 Å². The molecule has 1 atom stereocenters. The highest BCUT2D eigenvalue weighted by atomic mass is 32.2. The molecule has 0 saturated carbocycles. The molecule has 0 aliphatic carbocycles. The maximum Gasteiger partial charge on any atom is 0.260 e. The highest BCUT2D eigenvalue weighted by Crippen LogP contribution is 2.30. The first-order chi connectivity index (χ1) is 11.2. The number of amidine groups is 1. The van der Waals surface area contributed by atoms with Gasteiger partial charge in [0, 0.05) is 17.4 Å². The van der Waals surface area contributed by atoms with Crippen molar-refractivity contribution < 1.29 is 4.79 Å². The van der Waals surface area contributed by atoms with Gasteiger partial charge in [-0.05, 0) is 43.2 Å². The van der Waals surface area contributed by atoms with E-state index in [1.54, 1.807) is 11.8 Å². The summed E-state index contributed by atoms with van der Waals surface area (Å²) < 4.78 is 0. The third kappa shape index (κ3) is 3.48. The number of benzene rings is 2. The second-order valence-corrected chi connectivity index (χ2v) is 6.63. The van der Waals surface area contributed by atoms with Gasteiger partial charge in [-0.25, -0.2) is 4.99 Å². The number of hydrogen-bond acceptors (Lipinski definition) is 3. The van der Waals surface area contributed by atoms with Crippen LogP contribution in [-0.4, -0.2) is 27.8 Å². The zero-order valence-corrected chi connectivity index (χ0v) is 14.2. The van der Waals surface area contributed by atoms with Gasteiger partial charge in [0.15, 0.2) is 5.17 Å². The van der Waals surface area contributed by atoms with Crippen molar-refractivity contribution in [3.63, 3.8) is 0 Å². The molecule has 1 aliphatic heterocycles. The summed E-state index contributed by atoms with van der Waals surface area (Å²) in [6.07, 6.45) is 0.929. The molecule has 118 valence electrons. The maximum absolute atomic E-state index is 12.9. The van der Waals surface area contributed by atoms with Gasteiger partial charge in [-0.15, -0.1) is 0 Å². The quantitative estimate of drug-likeness (QED) is 0.823. The fourth-order valence-electron chi connectivity index (χ4n) is 2.64. The van der Waals surface area contributed by atoms with E-state index in [0.29, 0.717) is 5.56 Å². The molecule has 0 N–H and O–H groups in total. The summed E-state index contributed by atoms with van der Waals surface area (Å²) in [5.74, 6) is 0.938. The van der Waals surface area contributed by atoms with Crippen LogP contribution >= 0.6 is 11.8 Å². The van der Waals surface area contributed by atoms with Crippen molar-refractivity contribution in [2.75, 3.05) is 5.75 Å². The molecule has 23 heavy (non-hydrogen) atoms. The normalized spacial score (nSPS) is 19.3. The molecule has 2 aromatic rings. The Hall–Kier alpha value is -2.07. The molecule has 1 heterocycles. The molecular weight excluding hydrogens is 304 g/mol. The highest BCUT2D eigenvalue weighted by molar-refractivity contribution is 8.14. The first kappa shape index (κ1) is 15.8. The molecule has 3 nitrogen and oxygen atoms in total. The number of aryl methyl sites for hydroxylation is 1. The van der Waals surface area contributed by atoms with Crippen molar-refractivity contribution in [3.05, 3.63) is 65.7 Å². The van der Waals surface area contributed by atoms with E-state index in [4.69, 9.17) is 4.99 Å². The number of aliphatic imine (C=N–C) groups is 1. The Morgan fingerprint density at radius 3 is 2.70 bits per heavy atom. The fourth-order valence-corrected chi connectivity index (χ4v) is 3.91. The predicted molar refractivity (Wildman–Crippen MR) is 97.4 cm³/mol. The number of hydrogen-bond donors (Lipinski definition) is 0. The molecule has 0 bridgehead atoms. The van der Waals surface area contributed by atoms with E-state index in [1.165, 1.54) is 5.56 Å². The van der Waals surface area contributed by atoms with E-state index in [-0.39, 0.29) is 11.9 Å². The molecule has 1 fully saturated rings. The molecule has 0 spiro atoms. The van der Waals surface area contributed by atoms with Crippen LogP contribution in [0.5, 0.6) is 0 Å². The number of rotatable bonds is 3. The third-order valence-electron chi connectivity index (χ3n) is 3.91. The van der Waals surface area contributed by atoms with Crippen LogP contribution in [0, 0.1) is 6.92 Å². The minimum Gasteiger partial charge on any atom is -0.283 e. The minimum atomic E-state index is 0.0360. The number of amides is 1. The second kappa shape index (κ2) is 7.01. The van der Waals surface area contributed by atoms with Crippen LogP contribution in [0.3, 0.4) is 0 Å². The Bertz CT molecular complexity index is 727. The molecular formula is C19H20N2OS. The number of thioether (sulfide) groups is 1. The van der Waals surface area contributed by atoms with Crippen molar-refractivity contribution in [1.29, 1.82) is 0 Å². The average Bonchev–Trinajstić information content (AvgIpc) is 2.97. The molecule has 2 aromatic carbocycles. The van der Waals surface area contributed by atoms with Gasteiger partial charge in [0.05, 0.1) is 5.69 Å². The number of carbonyl (C=O) groups is 1. The van der Waals surface area contributed by atoms with Crippen LogP contribution in [0.25, 0.3) is 0 Å². The van der Waals surface area contributed by atoms with E-state index >= 15 is 0 Å². The summed E-state index contributed by atoms with van der Waals surface area (Å²) in [4.78, 5) is 19.5. The van der Waals surface area contributed by atoms with E-state index in [0.717, 1.165) is 23.0 Å². The second-order valence-electron chi connectivity index (χ2n) is 5.65. The van der Waals surface area contributed by atoms with Crippen LogP contribution in [0.15, 0.2) is 59.6 Å². The van der Waals surface area contributed by atoms with Gasteiger partial charge in [-0.3, -0.25) is 9.69 Å². The lowest BCUT2D eigenvalue weighted by Crippen LogP contribution is -2.38. The monoisotopic (exact) mass is 324 g/mol. The number of nitrogens with zero attached hydrogens (tertiary/aromatic N) is 2. The Morgan fingerprint density at radius 1 is 1.22 bits per heavy atom. The summed E-state index contributed by atoms with van der Waals surface area (Å²) in [6, 6.07) is 17.7. The van der Waals surface area contributed by atoms with Crippen molar-refractivity contribution in [2.24, 2.45) is 4.99 Å². The molecule has 0 radical (unpaired) electrons. The van der Waals surface area contributed by atoms with Crippen molar-refractivity contribution in [2.45, 2.75) is 26.3 Å². The van der Waals surface area contributed by atoms with E-state index in [1.807, 2.05) is 66.4 Å². The zero-order chi connectivity index (χ0) is 16.2. The largest absolute Gasteiger partial charge is 0.283 e. The SMILES string of the molecule is CC[C@H]1CSC(=Nc2cccc(C)c2)N1C(=O)c1ccccc1. The molecule has 0 aromatic heterocycles. The summed E-state index contributed by atoms with van der Waals surface area (Å²) in [6.45, 7) is 4.17. The molecule has 1 amide bonds. The summed E-state index contributed by atoms with van der Waals surface area (Å²) in [7, 11) is 0. The van der Waals surface area contributed by atoms with Gasteiger partial charge >= 0.3 is 0 Å². The topological polar surface area (TPSA) is 32.7 Å². The van der Waals surface area contributed by atoms with E-state index in [9.17, 15) is 4.79 Å². The first-order valence-electron chi connectivity index (χ1n) is 7.86. The molecule has 1 saturated heterocycles. The van der Waals surface area contributed by atoms with Gasteiger partial charge in [-0.1, -0.05) is 49.0 Å². The minimum absolute atomic E-state index is 0.0360. The van der Waals surface area contributed by atoms with Gasteiger partial charge in [0.2, 0.25) is 0 Å². The average molecular weight is 324 g/mol. The Labute approximate surface area is 141 Å². The van der Waals surface area contributed by atoms with Crippen molar-refractivity contribution in [1.82, 2.24) is 4.90 Å². The maximum atomic E-state index is 12.9. The molecule has 0 unspecified atom stereocenters. The predicted octanol–water partition coefficient (Wildman–Crippen LogP) is 4.65. The van der Waals surface area contributed by atoms with Crippen LogP contribution in [0.1, 0.15) is 29.3 Å². The lowest BCUT2D eigenvalue weighted by Gasteiger charge is -2.23. The third-order valence-corrected chi connectivity index (χ3v) is 5.01. The lowest BCUT2D eigenvalue weighted by molar-refractivity contribution is 0.0819. The van der Waals surface area contributed by atoms with Crippen molar-refractivity contribution in [3.8, 4) is 0 Å². The fraction of sp³-hybridized carbons (Fsp3) is 0.263. The van der Waals surface area contributed by atoms with Gasteiger partial charge in [-0.2, -0.15) is 0 Å². The molecule has 3 rings (SSSR count). The summed E-state index contributed by atoms with van der Waals surface area (Å²) >= 11 is 1.66. The van der Waals surface area contributed by atoms with Gasteiger partial charge < -0.3 is 0 Å².